The summed E-state index contributed by atoms with van der Waals surface area (Å²) in [7, 11) is 0. The maximum atomic E-state index is 13.3. The number of anilines is 1. The van der Waals surface area contributed by atoms with Crippen molar-refractivity contribution in [2.45, 2.75) is 6.04 Å². The fraction of sp³-hybridized carbons (Fsp3) is 0.0800. The molecular formula is C25H17ClN2O5S. The second kappa shape index (κ2) is 8.81. The number of hydrogen-bond donors (Lipinski definition) is 1. The van der Waals surface area contributed by atoms with E-state index in [0.29, 0.717) is 33.6 Å². The summed E-state index contributed by atoms with van der Waals surface area (Å²) >= 11 is 7.35. The first kappa shape index (κ1) is 21.9. The van der Waals surface area contributed by atoms with Crippen LogP contribution in [0.5, 0.6) is 5.75 Å². The number of carbonyl (C=O) groups excluding carboxylic acids is 2. The summed E-state index contributed by atoms with van der Waals surface area (Å²) in [4.78, 5) is 32.4. The predicted molar refractivity (Wildman–Crippen MR) is 130 cm³/mol. The molecule has 1 atom stereocenters. The maximum absolute atomic E-state index is 13.3. The summed E-state index contributed by atoms with van der Waals surface area (Å²) in [5.41, 5.74) is 1.15. The Morgan fingerprint density at radius 2 is 2.06 bits per heavy atom. The fourth-order valence-corrected chi connectivity index (χ4v) is 5.05. The summed E-state index contributed by atoms with van der Waals surface area (Å²) in [6, 6.07) is 14.3. The minimum atomic E-state index is -0.922. The molecule has 0 fully saturated rings. The minimum absolute atomic E-state index is 0.0169. The Hall–Kier alpha value is -3.88. The maximum Gasteiger partial charge on any atom is 0.296 e. The van der Waals surface area contributed by atoms with Crippen LogP contribution >= 0.6 is 22.9 Å². The molecule has 1 unspecified atom stereocenters. The number of amides is 1. The number of thiazole rings is 1. The van der Waals surface area contributed by atoms with Crippen LogP contribution in [0.4, 0.5) is 5.13 Å². The van der Waals surface area contributed by atoms with Crippen molar-refractivity contribution in [1.82, 2.24) is 4.98 Å². The van der Waals surface area contributed by atoms with Gasteiger partial charge in [0.25, 0.3) is 5.91 Å². The molecule has 0 saturated carbocycles. The standard InChI is InChI=1S/C25H17ClN2O5S/c1-2-11-32-16-8-5-14(6-9-16)21-20(22(29)18-4-3-12-33-18)23(30)24(31)28(21)25-27-17-10-7-15(26)13-19(17)34-25/h2-10,12-13,21,30H,1,11H2. The van der Waals surface area contributed by atoms with Gasteiger partial charge in [-0.1, -0.05) is 47.7 Å². The molecule has 0 saturated heterocycles. The number of aliphatic hydroxyl groups excluding tert-OH is 1. The van der Waals surface area contributed by atoms with Crippen molar-refractivity contribution in [2.24, 2.45) is 0 Å². The monoisotopic (exact) mass is 492 g/mol. The van der Waals surface area contributed by atoms with Gasteiger partial charge in [-0.3, -0.25) is 14.5 Å². The summed E-state index contributed by atoms with van der Waals surface area (Å²) < 4.78 is 11.6. The van der Waals surface area contributed by atoms with E-state index >= 15 is 0 Å². The number of rotatable bonds is 7. The molecule has 7 nitrogen and oxygen atoms in total. The highest BCUT2D eigenvalue weighted by Gasteiger charge is 2.46. The van der Waals surface area contributed by atoms with Crippen molar-refractivity contribution in [3.8, 4) is 5.75 Å². The third kappa shape index (κ3) is 3.76. The molecule has 34 heavy (non-hydrogen) atoms. The van der Waals surface area contributed by atoms with Crippen molar-refractivity contribution in [2.75, 3.05) is 11.5 Å². The number of halogens is 1. The largest absolute Gasteiger partial charge is 0.503 e. The molecule has 1 aliphatic rings. The van der Waals surface area contributed by atoms with Crippen LogP contribution < -0.4 is 9.64 Å². The zero-order chi connectivity index (χ0) is 23.8. The average Bonchev–Trinajstić information content (AvgIpc) is 3.56. The molecule has 4 aromatic rings. The molecular weight excluding hydrogens is 476 g/mol. The van der Waals surface area contributed by atoms with E-state index in [0.717, 1.165) is 4.70 Å². The number of ketones is 1. The molecule has 1 aliphatic heterocycles. The smallest absolute Gasteiger partial charge is 0.296 e. The minimum Gasteiger partial charge on any atom is -0.503 e. The van der Waals surface area contributed by atoms with Crippen LogP contribution in [0.1, 0.15) is 22.2 Å². The van der Waals surface area contributed by atoms with E-state index in [1.54, 1.807) is 54.6 Å². The molecule has 0 aliphatic carbocycles. The van der Waals surface area contributed by atoms with Gasteiger partial charge in [-0.2, -0.15) is 0 Å². The number of fused-ring (bicyclic) bond motifs is 1. The molecule has 5 rings (SSSR count). The number of ether oxygens (including phenoxy) is 1. The third-order valence-electron chi connectivity index (χ3n) is 5.31. The molecule has 2 aromatic carbocycles. The predicted octanol–water partition coefficient (Wildman–Crippen LogP) is 5.89. The highest BCUT2D eigenvalue weighted by molar-refractivity contribution is 7.22. The number of hydrogen-bond acceptors (Lipinski definition) is 7. The number of furan rings is 1. The van der Waals surface area contributed by atoms with Gasteiger partial charge in [-0.05, 0) is 48.0 Å². The number of nitrogens with zero attached hydrogens (tertiary/aromatic N) is 2. The lowest BCUT2D eigenvalue weighted by molar-refractivity contribution is -0.117. The van der Waals surface area contributed by atoms with E-state index in [1.165, 1.54) is 28.6 Å². The van der Waals surface area contributed by atoms with E-state index in [2.05, 4.69) is 11.6 Å². The molecule has 3 heterocycles. The van der Waals surface area contributed by atoms with Gasteiger partial charge in [0.05, 0.1) is 28.1 Å². The number of aliphatic hydroxyl groups is 1. The average molecular weight is 493 g/mol. The first-order chi connectivity index (χ1) is 16.5. The Morgan fingerprint density at radius 1 is 1.26 bits per heavy atom. The molecule has 1 N–H and O–H groups in total. The zero-order valence-electron chi connectivity index (χ0n) is 17.6. The lowest BCUT2D eigenvalue weighted by atomic mass is 9.95. The van der Waals surface area contributed by atoms with Gasteiger partial charge in [-0.15, -0.1) is 0 Å². The third-order valence-corrected chi connectivity index (χ3v) is 6.56. The Bertz CT molecular complexity index is 1440. The van der Waals surface area contributed by atoms with Crippen LogP contribution in [-0.4, -0.2) is 28.4 Å². The molecule has 170 valence electrons. The molecule has 2 aromatic heterocycles. The number of Topliss-reactive ketones (excluding diaryl/α,β-unsaturated/α-hetero) is 1. The van der Waals surface area contributed by atoms with Crippen molar-refractivity contribution in [3.05, 3.63) is 101 Å². The fourth-order valence-electron chi connectivity index (χ4n) is 3.78. The first-order valence-electron chi connectivity index (χ1n) is 10.2. The van der Waals surface area contributed by atoms with Crippen LogP contribution in [0, 0.1) is 0 Å². The van der Waals surface area contributed by atoms with Crippen LogP contribution in [0.3, 0.4) is 0 Å². The van der Waals surface area contributed by atoms with E-state index < -0.39 is 23.5 Å². The van der Waals surface area contributed by atoms with E-state index in [9.17, 15) is 14.7 Å². The Labute approximate surface area is 203 Å². The van der Waals surface area contributed by atoms with Crippen LogP contribution in [0.2, 0.25) is 5.02 Å². The van der Waals surface area contributed by atoms with Gasteiger partial charge in [0.15, 0.2) is 16.7 Å². The lowest BCUT2D eigenvalue weighted by Gasteiger charge is -2.24. The summed E-state index contributed by atoms with van der Waals surface area (Å²) in [6.07, 6.45) is 2.99. The number of carbonyl (C=O) groups is 2. The topological polar surface area (TPSA) is 92.9 Å². The van der Waals surface area contributed by atoms with Crippen molar-refractivity contribution in [3.63, 3.8) is 0 Å². The molecule has 9 heteroatoms. The molecule has 1 amide bonds. The Morgan fingerprint density at radius 3 is 2.76 bits per heavy atom. The summed E-state index contributed by atoms with van der Waals surface area (Å²) in [5.74, 6) is -1.34. The number of aromatic nitrogens is 1. The summed E-state index contributed by atoms with van der Waals surface area (Å²) in [5, 5.41) is 11.7. The highest BCUT2D eigenvalue weighted by atomic mass is 35.5. The second-order valence-electron chi connectivity index (χ2n) is 7.42. The van der Waals surface area contributed by atoms with Crippen molar-refractivity contribution < 1.29 is 23.8 Å². The van der Waals surface area contributed by atoms with Gasteiger partial charge in [-0.25, -0.2) is 4.98 Å². The molecule has 0 radical (unpaired) electrons. The number of benzene rings is 2. The lowest BCUT2D eigenvalue weighted by Crippen LogP contribution is -2.30. The van der Waals surface area contributed by atoms with E-state index in [1.807, 2.05) is 0 Å². The van der Waals surface area contributed by atoms with E-state index in [4.69, 9.17) is 20.8 Å². The van der Waals surface area contributed by atoms with Gasteiger partial charge >= 0.3 is 0 Å². The zero-order valence-corrected chi connectivity index (χ0v) is 19.2. The second-order valence-corrected chi connectivity index (χ2v) is 8.87. The molecule has 0 bridgehead atoms. The normalized spacial score (nSPS) is 15.9. The van der Waals surface area contributed by atoms with Crippen molar-refractivity contribution in [1.29, 1.82) is 0 Å². The van der Waals surface area contributed by atoms with E-state index in [-0.39, 0.29) is 11.3 Å². The van der Waals surface area contributed by atoms with Gasteiger partial charge < -0.3 is 14.3 Å². The van der Waals surface area contributed by atoms with Crippen LogP contribution in [-0.2, 0) is 4.79 Å². The van der Waals surface area contributed by atoms with Gasteiger partial charge in [0.2, 0.25) is 5.78 Å². The first-order valence-corrected chi connectivity index (χ1v) is 11.4. The molecule has 0 spiro atoms. The quantitative estimate of drug-likeness (QED) is 0.255. The Balaban J connectivity index is 1.63. The van der Waals surface area contributed by atoms with Gasteiger partial charge in [0, 0.05) is 5.02 Å². The van der Waals surface area contributed by atoms with Crippen LogP contribution in [0.25, 0.3) is 10.2 Å². The Kier molecular flexibility index (Phi) is 5.69. The highest BCUT2D eigenvalue weighted by Crippen LogP contribution is 2.44. The van der Waals surface area contributed by atoms with Crippen LogP contribution in [0.15, 0.2) is 89.3 Å². The van der Waals surface area contributed by atoms with Crippen molar-refractivity contribution >= 4 is 50.0 Å². The van der Waals surface area contributed by atoms with Gasteiger partial charge in [0.1, 0.15) is 12.4 Å². The summed E-state index contributed by atoms with van der Waals surface area (Å²) in [6.45, 7) is 3.97. The SMILES string of the molecule is C=CCOc1ccc(C2C(C(=O)c3ccco3)=C(O)C(=O)N2c2nc3ccc(Cl)cc3s2)cc1.